The van der Waals surface area contributed by atoms with Crippen LogP contribution in [0.4, 0.5) is 36.8 Å². The molecule has 1 fully saturated rings. The van der Waals surface area contributed by atoms with E-state index in [0.717, 1.165) is 30.5 Å². The number of hydrogen-bond donors (Lipinski definition) is 3. The van der Waals surface area contributed by atoms with Gasteiger partial charge in [-0.05, 0) is 82.0 Å². The lowest BCUT2D eigenvalue weighted by Crippen LogP contribution is -2.48. The number of hydrogen-bond acceptors (Lipinski definition) is 4. The molecule has 1 aliphatic rings. The fourth-order valence-electron chi connectivity index (χ4n) is 4.96. The maximum Gasteiger partial charge on any atom is 0.416 e. The maximum atomic E-state index is 13.4. The van der Waals surface area contributed by atoms with Crippen molar-refractivity contribution in [3.8, 4) is 0 Å². The van der Waals surface area contributed by atoms with Crippen LogP contribution in [0.5, 0.6) is 0 Å². The number of carbonyl (C=O) groups excluding carboxylic acids is 2. The Bertz CT molecular complexity index is 1200. The minimum atomic E-state index is -5.00. The Morgan fingerprint density at radius 1 is 0.857 bits per heavy atom. The average Bonchev–Trinajstić information content (AvgIpc) is 2.89. The third-order valence-electron chi connectivity index (χ3n) is 7.13. The molecule has 2 amide bonds. The third kappa shape index (κ3) is 9.03. The summed E-state index contributed by atoms with van der Waals surface area (Å²) in [5, 5.41) is 8.81. The zero-order valence-electron chi connectivity index (χ0n) is 24.1. The van der Waals surface area contributed by atoms with Crippen LogP contribution in [-0.2, 0) is 27.4 Å². The van der Waals surface area contributed by atoms with Gasteiger partial charge in [0.25, 0.3) is 0 Å². The first-order chi connectivity index (χ1) is 19.4. The smallest absolute Gasteiger partial charge is 0.416 e. The Labute approximate surface area is 241 Å². The second-order valence-corrected chi connectivity index (χ2v) is 11.6. The second kappa shape index (κ2) is 12.8. The summed E-state index contributed by atoms with van der Waals surface area (Å²) in [6, 6.07) is 8.57. The minimum Gasteiger partial charge on any atom is -0.444 e. The van der Waals surface area contributed by atoms with E-state index >= 15 is 0 Å². The summed E-state index contributed by atoms with van der Waals surface area (Å²) >= 11 is 0. The summed E-state index contributed by atoms with van der Waals surface area (Å²) in [6.07, 6.45) is -6.83. The quantitative estimate of drug-likeness (QED) is 0.214. The van der Waals surface area contributed by atoms with Crippen LogP contribution in [-0.4, -0.2) is 30.7 Å². The molecule has 0 bridgehead atoms. The van der Waals surface area contributed by atoms with Gasteiger partial charge >= 0.3 is 18.4 Å². The molecule has 0 heterocycles. The van der Waals surface area contributed by atoms with Crippen LogP contribution < -0.4 is 16.0 Å². The number of ether oxygens (including phenoxy) is 1. The number of carbonyl (C=O) groups is 2. The van der Waals surface area contributed by atoms with E-state index in [-0.39, 0.29) is 11.6 Å². The Hall–Kier alpha value is -3.44. The molecule has 0 aliphatic heterocycles. The minimum absolute atomic E-state index is 0.0555. The van der Waals surface area contributed by atoms with Gasteiger partial charge in [-0.25, -0.2) is 4.79 Å². The molecule has 12 heteroatoms. The number of benzene rings is 2. The van der Waals surface area contributed by atoms with Gasteiger partial charge in [0.15, 0.2) is 0 Å². The largest absolute Gasteiger partial charge is 0.444 e. The molecule has 0 saturated heterocycles. The zero-order valence-corrected chi connectivity index (χ0v) is 24.1. The van der Waals surface area contributed by atoms with Crippen LogP contribution in [0.2, 0.25) is 0 Å². The fourth-order valence-corrected chi connectivity index (χ4v) is 4.96. The monoisotopic (exact) mass is 601 g/mol. The van der Waals surface area contributed by atoms with E-state index in [1.54, 1.807) is 20.8 Å². The van der Waals surface area contributed by atoms with E-state index in [4.69, 9.17) is 4.74 Å². The van der Waals surface area contributed by atoms with Crippen molar-refractivity contribution >= 4 is 17.7 Å². The molecule has 1 aliphatic carbocycles. The van der Waals surface area contributed by atoms with Crippen molar-refractivity contribution in [3.63, 3.8) is 0 Å². The molecule has 1 saturated carbocycles. The molecule has 3 rings (SSSR count). The predicted molar refractivity (Wildman–Crippen MR) is 147 cm³/mol. The van der Waals surface area contributed by atoms with Crippen molar-refractivity contribution in [3.05, 3.63) is 64.7 Å². The van der Waals surface area contributed by atoms with Crippen LogP contribution >= 0.6 is 0 Å². The Kier molecular flexibility index (Phi) is 10.1. The lowest BCUT2D eigenvalue weighted by Gasteiger charge is -2.39. The lowest BCUT2D eigenvalue weighted by molar-refractivity contribution is -0.143. The van der Waals surface area contributed by atoms with Crippen LogP contribution in [0.15, 0.2) is 42.5 Å². The average molecular weight is 602 g/mol. The number of amides is 2. The Morgan fingerprint density at radius 3 is 1.90 bits per heavy atom. The van der Waals surface area contributed by atoms with Gasteiger partial charge < -0.3 is 20.7 Å². The van der Waals surface area contributed by atoms with Gasteiger partial charge in [0, 0.05) is 18.8 Å². The van der Waals surface area contributed by atoms with Gasteiger partial charge in [0.1, 0.15) is 5.60 Å². The van der Waals surface area contributed by atoms with Crippen LogP contribution in [0.25, 0.3) is 0 Å². The molecule has 3 N–H and O–H groups in total. The molecule has 0 aromatic heterocycles. The number of alkyl halides is 6. The second-order valence-electron chi connectivity index (χ2n) is 11.6. The molecule has 0 radical (unpaired) electrons. The molecule has 2 aromatic rings. The Morgan fingerprint density at radius 2 is 1.40 bits per heavy atom. The maximum absolute atomic E-state index is 13.4. The van der Waals surface area contributed by atoms with Gasteiger partial charge in [-0.2, -0.15) is 26.3 Å². The van der Waals surface area contributed by atoms with E-state index in [1.165, 1.54) is 6.92 Å². The number of nitrogens with one attached hydrogen (secondary N) is 3. The summed E-state index contributed by atoms with van der Waals surface area (Å²) in [7, 11) is 0. The lowest BCUT2D eigenvalue weighted by atomic mass is 9.76. The van der Waals surface area contributed by atoms with Gasteiger partial charge in [-0.1, -0.05) is 31.4 Å². The van der Waals surface area contributed by atoms with Gasteiger partial charge in [0.2, 0.25) is 5.91 Å². The molecule has 0 spiro atoms. The highest BCUT2D eigenvalue weighted by molar-refractivity contribution is 5.84. The van der Waals surface area contributed by atoms with Crippen molar-refractivity contribution in [2.75, 3.05) is 18.4 Å². The first-order valence-electron chi connectivity index (χ1n) is 13.8. The summed E-state index contributed by atoms with van der Waals surface area (Å²) in [4.78, 5) is 25.1. The van der Waals surface area contributed by atoms with E-state index in [2.05, 4.69) is 16.0 Å². The highest BCUT2D eigenvalue weighted by Crippen LogP contribution is 2.40. The highest BCUT2D eigenvalue weighted by atomic mass is 19.4. The van der Waals surface area contributed by atoms with Crippen molar-refractivity contribution in [2.24, 2.45) is 0 Å². The fraction of sp³-hybridized carbons (Fsp3) is 0.533. The SMILES string of the molecule is CC(C(=O)NC1(c2ccc(NCCNC(=O)OC(C)(C)C)cc2)CCCCC1)c1cc(C(F)(F)F)cc(C(F)(F)F)c1. The van der Waals surface area contributed by atoms with Gasteiger partial charge in [-0.3, -0.25) is 4.79 Å². The molecular formula is C30H37F6N3O3. The van der Waals surface area contributed by atoms with E-state index < -0.39 is 52.5 Å². The third-order valence-corrected chi connectivity index (χ3v) is 7.13. The summed E-state index contributed by atoms with van der Waals surface area (Å²) in [5.41, 5.74) is -3.13. The first kappa shape index (κ1) is 33.1. The van der Waals surface area contributed by atoms with E-state index in [1.807, 2.05) is 24.3 Å². The molecule has 6 nitrogen and oxygen atoms in total. The highest BCUT2D eigenvalue weighted by Gasteiger charge is 2.40. The van der Waals surface area contributed by atoms with Gasteiger partial charge in [-0.15, -0.1) is 0 Å². The summed E-state index contributed by atoms with van der Waals surface area (Å²) < 4.78 is 85.5. The topological polar surface area (TPSA) is 79.5 Å². The normalized spacial score (nSPS) is 16.3. The summed E-state index contributed by atoms with van der Waals surface area (Å²) in [5.74, 6) is -1.91. The number of rotatable bonds is 8. The number of halogens is 6. The van der Waals surface area contributed by atoms with Crippen molar-refractivity contribution in [2.45, 2.75) is 89.2 Å². The molecular weight excluding hydrogens is 564 g/mol. The van der Waals surface area contributed by atoms with Gasteiger partial charge in [0.05, 0.1) is 22.6 Å². The zero-order chi connectivity index (χ0) is 31.3. The molecule has 1 atom stereocenters. The standard InChI is InChI=1S/C30H37F6N3O3/c1-19(20-16-22(29(31,32)33)18-23(17-20)30(34,35)36)25(40)39-28(12-6-5-7-13-28)21-8-10-24(11-9-21)37-14-15-38-26(41)42-27(2,3)4/h8-11,16-19,37H,5-7,12-15H2,1-4H3,(H,38,41)(H,39,40). The van der Waals surface area contributed by atoms with E-state index in [9.17, 15) is 35.9 Å². The molecule has 2 aromatic carbocycles. The van der Waals surface area contributed by atoms with Crippen LogP contribution in [0, 0.1) is 0 Å². The van der Waals surface area contributed by atoms with Crippen molar-refractivity contribution < 1.29 is 40.7 Å². The molecule has 232 valence electrons. The Balaban J connectivity index is 1.74. The number of alkyl carbamates (subject to hydrolysis) is 1. The van der Waals surface area contributed by atoms with Crippen LogP contribution in [0.3, 0.4) is 0 Å². The molecule has 1 unspecified atom stereocenters. The van der Waals surface area contributed by atoms with Crippen molar-refractivity contribution in [1.82, 2.24) is 10.6 Å². The number of anilines is 1. The summed E-state index contributed by atoms with van der Waals surface area (Å²) in [6.45, 7) is 7.35. The van der Waals surface area contributed by atoms with E-state index in [0.29, 0.717) is 38.1 Å². The molecule has 42 heavy (non-hydrogen) atoms. The first-order valence-corrected chi connectivity index (χ1v) is 13.8. The van der Waals surface area contributed by atoms with Crippen LogP contribution in [0.1, 0.15) is 88.0 Å². The predicted octanol–water partition coefficient (Wildman–Crippen LogP) is 7.74. The van der Waals surface area contributed by atoms with Crippen molar-refractivity contribution in [1.29, 1.82) is 0 Å².